The van der Waals surface area contributed by atoms with Gasteiger partial charge in [0.25, 0.3) is 0 Å². The molecule has 1 unspecified atom stereocenters. The average Bonchev–Trinajstić information content (AvgIpc) is 2.95. The molecule has 5 heteroatoms. The Hall–Kier alpha value is -1.33. The molecular weight excluding hydrogens is 222 g/mol. The van der Waals surface area contributed by atoms with Crippen molar-refractivity contribution in [1.29, 1.82) is 0 Å². The summed E-state index contributed by atoms with van der Waals surface area (Å²) in [5.74, 6) is 1.19. The number of thioether (sulfide) groups is 1. The van der Waals surface area contributed by atoms with Crippen molar-refractivity contribution in [3.63, 3.8) is 0 Å². The quantitative estimate of drug-likeness (QED) is 0.858. The van der Waals surface area contributed by atoms with Crippen LogP contribution < -0.4 is 5.73 Å². The van der Waals surface area contributed by atoms with Gasteiger partial charge >= 0.3 is 0 Å². The summed E-state index contributed by atoms with van der Waals surface area (Å²) in [6.45, 7) is 0.303. The van der Waals surface area contributed by atoms with E-state index in [9.17, 15) is 0 Å². The molecule has 0 radical (unpaired) electrons. The van der Waals surface area contributed by atoms with Gasteiger partial charge in [-0.2, -0.15) is 0 Å². The zero-order valence-corrected chi connectivity index (χ0v) is 9.41. The van der Waals surface area contributed by atoms with Crippen molar-refractivity contribution in [2.24, 2.45) is 5.73 Å². The summed E-state index contributed by atoms with van der Waals surface area (Å²) in [6.07, 6.45) is 0.951. The summed E-state index contributed by atoms with van der Waals surface area (Å²) in [6, 6.07) is 8.37. The van der Waals surface area contributed by atoms with Crippen molar-refractivity contribution < 1.29 is 4.42 Å². The van der Waals surface area contributed by atoms with Crippen LogP contribution in [0.4, 0.5) is 0 Å². The third-order valence-corrected chi connectivity index (χ3v) is 3.88. The third-order valence-electron chi connectivity index (χ3n) is 2.58. The second-order valence-corrected chi connectivity index (χ2v) is 4.90. The van der Waals surface area contributed by atoms with Crippen molar-refractivity contribution in [2.45, 2.75) is 23.1 Å². The molecule has 1 atom stereocenters. The maximum Gasteiger partial charge on any atom is 0.230 e. The SMILES string of the molecule is NCc1nnc(C2Cc3ccccc3S2)o1. The Morgan fingerprint density at radius 2 is 2.25 bits per heavy atom. The minimum absolute atomic E-state index is 0.241. The molecule has 16 heavy (non-hydrogen) atoms. The van der Waals surface area contributed by atoms with E-state index in [2.05, 4.69) is 28.4 Å². The predicted octanol–water partition coefficient (Wildman–Crippen LogP) is 1.92. The van der Waals surface area contributed by atoms with Crippen molar-refractivity contribution in [3.8, 4) is 0 Å². The lowest BCUT2D eigenvalue weighted by molar-refractivity contribution is 0.449. The molecule has 0 saturated heterocycles. The van der Waals surface area contributed by atoms with Gasteiger partial charge in [0.1, 0.15) is 0 Å². The number of nitrogens with zero attached hydrogens (tertiary/aromatic N) is 2. The van der Waals surface area contributed by atoms with Gasteiger partial charge in [-0.15, -0.1) is 22.0 Å². The van der Waals surface area contributed by atoms with Crippen LogP contribution in [0.15, 0.2) is 33.6 Å². The normalized spacial score (nSPS) is 18.7. The van der Waals surface area contributed by atoms with E-state index in [0.29, 0.717) is 18.3 Å². The number of aromatic nitrogens is 2. The van der Waals surface area contributed by atoms with E-state index in [1.807, 2.05) is 6.07 Å². The highest BCUT2D eigenvalue weighted by molar-refractivity contribution is 7.99. The highest BCUT2D eigenvalue weighted by Gasteiger charge is 2.27. The van der Waals surface area contributed by atoms with Crippen LogP contribution in [0.2, 0.25) is 0 Å². The molecule has 82 valence electrons. The number of nitrogens with two attached hydrogens (primary N) is 1. The molecule has 3 rings (SSSR count). The lowest BCUT2D eigenvalue weighted by Crippen LogP contribution is -1.95. The van der Waals surface area contributed by atoms with Gasteiger partial charge in [0.2, 0.25) is 11.8 Å². The van der Waals surface area contributed by atoms with E-state index in [1.165, 1.54) is 10.5 Å². The standard InChI is InChI=1S/C11H11N3OS/c12-6-10-13-14-11(15-10)9-5-7-3-1-2-4-8(7)16-9/h1-4,9H,5-6,12H2. The minimum atomic E-state index is 0.241. The first-order valence-corrected chi connectivity index (χ1v) is 6.01. The van der Waals surface area contributed by atoms with Gasteiger partial charge in [0, 0.05) is 4.90 Å². The first kappa shape index (κ1) is 9.86. The molecule has 0 bridgehead atoms. The summed E-state index contributed by atoms with van der Waals surface area (Å²) in [4.78, 5) is 1.31. The lowest BCUT2D eigenvalue weighted by Gasteiger charge is -2.00. The van der Waals surface area contributed by atoms with E-state index in [4.69, 9.17) is 10.2 Å². The fourth-order valence-corrected chi connectivity index (χ4v) is 3.02. The van der Waals surface area contributed by atoms with Crippen LogP contribution in [0.25, 0.3) is 0 Å². The van der Waals surface area contributed by atoms with E-state index in [1.54, 1.807) is 11.8 Å². The van der Waals surface area contributed by atoms with Crippen molar-refractivity contribution in [1.82, 2.24) is 10.2 Å². The van der Waals surface area contributed by atoms with Gasteiger partial charge in [-0.3, -0.25) is 0 Å². The van der Waals surface area contributed by atoms with E-state index < -0.39 is 0 Å². The number of rotatable bonds is 2. The second-order valence-electron chi connectivity index (χ2n) is 3.66. The van der Waals surface area contributed by atoms with Gasteiger partial charge in [0.05, 0.1) is 11.8 Å². The van der Waals surface area contributed by atoms with Crippen molar-refractivity contribution in [3.05, 3.63) is 41.6 Å². The van der Waals surface area contributed by atoms with Crippen molar-refractivity contribution >= 4 is 11.8 Å². The highest BCUT2D eigenvalue weighted by atomic mass is 32.2. The zero-order valence-electron chi connectivity index (χ0n) is 8.59. The largest absolute Gasteiger partial charge is 0.423 e. The summed E-state index contributed by atoms with van der Waals surface area (Å²) in [7, 11) is 0. The second kappa shape index (κ2) is 3.92. The molecule has 1 aliphatic heterocycles. The summed E-state index contributed by atoms with van der Waals surface area (Å²) < 4.78 is 5.48. The van der Waals surface area contributed by atoms with Gasteiger partial charge in [0.15, 0.2) is 0 Å². The van der Waals surface area contributed by atoms with Gasteiger partial charge in [-0.1, -0.05) is 18.2 Å². The van der Waals surface area contributed by atoms with Crippen LogP contribution in [-0.4, -0.2) is 10.2 Å². The molecule has 2 heterocycles. The van der Waals surface area contributed by atoms with Crippen LogP contribution in [0.1, 0.15) is 22.6 Å². The maximum absolute atomic E-state index is 5.48. The molecule has 1 aliphatic rings. The predicted molar refractivity (Wildman–Crippen MR) is 60.9 cm³/mol. The molecule has 0 aliphatic carbocycles. The third kappa shape index (κ3) is 1.62. The van der Waals surface area contributed by atoms with E-state index in [-0.39, 0.29) is 5.25 Å². The Morgan fingerprint density at radius 3 is 3.00 bits per heavy atom. The lowest BCUT2D eigenvalue weighted by atomic mass is 10.1. The van der Waals surface area contributed by atoms with E-state index >= 15 is 0 Å². The topological polar surface area (TPSA) is 64.9 Å². The molecule has 4 nitrogen and oxygen atoms in total. The Labute approximate surface area is 97.2 Å². The molecule has 0 spiro atoms. The molecule has 0 amide bonds. The van der Waals surface area contributed by atoms with Crippen LogP contribution in [-0.2, 0) is 13.0 Å². The number of hydrogen-bond donors (Lipinski definition) is 1. The number of hydrogen-bond acceptors (Lipinski definition) is 5. The van der Waals surface area contributed by atoms with Crippen molar-refractivity contribution in [2.75, 3.05) is 0 Å². The zero-order chi connectivity index (χ0) is 11.0. The maximum atomic E-state index is 5.48. The van der Waals surface area contributed by atoms with Crippen LogP contribution >= 0.6 is 11.8 Å². The summed E-state index contributed by atoms with van der Waals surface area (Å²) >= 11 is 1.78. The van der Waals surface area contributed by atoms with Gasteiger partial charge in [-0.05, 0) is 18.1 Å². The van der Waals surface area contributed by atoms with Crippen LogP contribution in [0.3, 0.4) is 0 Å². The summed E-state index contributed by atoms with van der Waals surface area (Å²) in [5, 5.41) is 8.16. The van der Waals surface area contributed by atoms with Gasteiger partial charge < -0.3 is 10.2 Å². The highest BCUT2D eigenvalue weighted by Crippen LogP contribution is 2.45. The Kier molecular flexibility index (Phi) is 2.41. The first-order valence-electron chi connectivity index (χ1n) is 5.13. The fraction of sp³-hybridized carbons (Fsp3) is 0.273. The average molecular weight is 233 g/mol. The fourth-order valence-electron chi connectivity index (χ4n) is 1.80. The molecule has 1 aromatic carbocycles. The van der Waals surface area contributed by atoms with Crippen LogP contribution in [0, 0.1) is 0 Å². The molecule has 1 aromatic heterocycles. The Bertz CT molecular complexity index is 486. The Morgan fingerprint density at radius 1 is 1.38 bits per heavy atom. The first-order chi connectivity index (χ1) is 7.86. The van der Waals surface area contributed by atoms with E-state index in [0.717, 1.165) is 6.42 Å². The molecule has 2 N–H and O–H groups in total. The van der Waals surface area contributed by atoms with Crippen LogP contribution in [0.5, 0.6) is 0 Å². The molecule has 2 aromatic rings. The summed E-state index contributed by atoms with van der Waals surface area (Å²) in [5.41, 5.74) is 6.79. The molecular formula is C11H11N3OS. The Balaban J connectivity index is 1.85. The minimum Gasteiger partial charge on any atom is -0.423 e. The van der Waals surface area contributed by atoms with Gasteiger partial charge in [-0.25, -0.2) is 0 Å². The molecule has 0 saturated carbocycles. The number of fused-ring (bicyclic) bond motifs is 1. The smallest absolute Gasteiger partial charge is 0.230 e. The number of benzene rings is 1. The monoisotopic (exact) mass is 233 g/mol. The molecule has 0 fully saturated rings.